The van der Waals surface area contributed by atoms with E-state index in [0.717, 1.165) is 25.7 Å². The molecule has 5 N–H and O–H groups in total. The molecule has 2 aliphatic carbocycles. The van der Waals surface area contributed by atoms with Crippen molar-refractivity contribution in [2.75, 3.05) is 6.61 Å². The summed E-state index contributed by atoms with van der Waals surface area (Å²) in [6, 6.07) is -1.59. The van der Waals surface area contributed by atoms with Gasteiger partial charge in [0.05, 0.1) is 18.8 Å². The van der Waals surface area contributed by atoms with Crippen LogP contribution in [0.2, 0.25) is 0 Å². The van der Waals surface area contributed by atoms with Gasteiger partial charge in [-0.15, -0.1) is 0 Å². The molecular weight excluding hydrogens is 426 g/mol. The van der Waals surface area contributed by atoms with Gasteiger partial charge in [-0.25, -0.2) is 4.79 Å². The third kappa shape index (κ3) is 9.12. The van der Waals surface area contributed by atoms with Crippen LogP contribution >= 0.6 is 0 Å². The maximum Gasteiger partial charge on any atom is 0.408 e. The van der Waals surface area contributed by atoms with Gasteiger partial charge >= 0.3 is 6.09 Å². The SMILES string of the molecule is CC(C)CC(NC(=O)OC(C)(C)C)C(=O)NC(CO)C(O)C1CC1C(=O)NC1CCCCC1. The van der Waals surface area contributed by atoms with Gasteiger partial charge in [-0.3, -0.25) is 9.59 Å². The second-order valence-electron chi connectivity index (χ2n) is 11.0. The monoisotopic (exact) mass is 469 g/mol. The molecule has 0 bridgehead atoms. The minimum atomic E-state index is -1.05. The predicted octanol–water partition coefficient (Wildman–Crippen LogP) is 1.85. The standard InChI is InChI=1S/C24H43N3O6/c1-14(2)11-18(27-23(32)33-24(3,4)5)22(31)26-19(13-28)20(29)16-12-17(16)21(30)25-15-9-7-6-8-10-15/h14-20,28-29H,6-13H2,1-5H3,(H,25,30)(H,26,31)(H,27,32). The average molecular weight is 470 g/mol. The number of hydrogen-bond donors (Lipinski definition) is 5. The van der Waals surface area contributed by atoms with Crippen LogP contribution in [0.15, 0.2) is 0 Å². The summed E-state index contributed by atoms with van der Waals surface area (Å²) in [6.07, 6.45) is 4.56. The molecule has 0 heterocycles. The Morgan fingerprint density at radius 2 is 1.70 bits per heavy atom. The van der Waals surface area contributed by atoms with E-state index < -0.39 is 42.4 Å². The van der Waals surface area contributed by atoms with Crippen molar-refractivity contribution in [2.24, 2.45) is 17.8 Å². The Labute approximate surface area is 197 Å². The molecule has 3 amide bonds. The minimum Gasteiger partial charge on any atom is -0.444 e. The van der Waals surface area contributed by atoms with E-state index in [0.29, 0.717) is 12.8 Å². The van der Waals surface area contributed by atoms with Gasteiger partial charge in [-0.1, -0.05) is 33.1 Å². The largest absolute Gasteiger partial charge is 0.444 e. The zero-order valence-electron chi connectivity index (χ0n) is 20.7. The van der Waals surface area contributed by atoms with Crippen LogP contribution in [0.4, 0.5) is 4.79 Å². The Hall–Kier alpha value is -1.87. The third-order valence-corrected chi connectivity index (χ3v) is 6.22. The topological polar surface area (TPSA) is 137 Å². The molecule has 2 saturated carbocycles. The van der Waals surface area contributed by atoms with Gasteiger partial charge in [0, 0.05) is 12.0 Å². The number of carbonyl (C=O) groups is 3. The summed E-state index contributed by atoms with van der Waals surface area (Å²) in [7, 11) is 0. The van der Waals surface area contributed by atoms with Gasteiger partial charge in [-0.05, 0) is 58.3 Å². The predicted molar refractivity (Wildman–Crippen MR) is 124 cm³/mol. The third-order valence-electron chi connectivity index (χ3n) is 6.22. The van der Waals surface area contributed by atoms with E-state index in [4.69, 9.17) is 4.74 Å². The summed E-state index contributed by atoms with van der Waals surface area (Å²) in [4.78, 5) is 37.6. The van der Waals surface area contributed by atoms with E-state index in [1.807, 2.05) is 13.8 Å². The van der Waals surface area contributed by atoms with E-state index in [2.05, 4.69) is 16.0 Å². The molecule has 5 atom stereocenters. The molecule has 2 fully saturated rings. The quantitative estimate of drug-likeness (QED) is 0.331. The number of hydrogen-bond acceptors (Lipinski definition) is 6. The maximum absolute atomic E-state index is 12.9. The van der Waals surface area contributed by atoms with Gasteiger partial charge in [0.25, 0.3) is 0 Å². The number of alkyl carbamates (subject to hydrolysis) is 1. The summed E-state index contributed by atoms with van der Waals surface area (Å²) in [5.41, 5.74) is -0.702. The summed E-state index contributed by atoms with van der Waals surface area (Å²) in [6.45, 7) is 8.58. The van der Waals surface area contributed by atoms with Gasteiger partial charge in [0.15, 0.2) is 0 Å². The number of aliphatic hydroxyl groups is 2. The Morgan fingerprint density at radius 1 is 1.06 bits per heavy atom. The molecule has 2 rings (SSSR count). The molecule has 33 heavy (non-hydrogen) atoms. The molecule has 0 aromatic carbocycles. The molecule has 0 spiro atoms. The minimum absolute atomic E-state index is 0.0572. The fourth-order valence-electron chi connectivity index (χ4n) is 4.42. The lowest BCUT2D eigenvalue weighted by Crippen LogP contribution is -2.55. The molecule has 0 aliphatic heterocycles. The fourth-order valence-corrected chi connectivity index (χ4v) is 4.42. The molecule has 9 heteroatoms. The summed E-state index contributed by atoms with van der Waals surface area (Å²) >= 11 is 0. The van der Waals surface area contributed by atoms with Crippen molar-refractivity contribution in [2.45, 2.75) is 109 Å². The van der Waals surface area contributed by atoms with Crippen molar-refractivity contribution in [3.05, 3.63) is 0 Å². The first-order valence-electron chi connectivity index (χ1n) is 12.3. The average Bonchev–Trinajstić information content (AvgIpc) is 3.51. The van der Waals surface area contributed by atoms with E-state index in [1.54, 1.807) is 20.8 Å². The van der Waals surface area contributed by atoms with Crippen molar-refractivity contribution >= 4 is 17.9 Å². The fraction of sp³-hybridized carbons (Fsp3) is 0.875. The van der Waals surface area contributed by atoms with Gasteiger partial charge in [0.1, 0.15) is 11.6 Å². The van der Waals surface area contributed by atoms with Crippen LogP contribution in [0.1, 0.15) is 79.6 Å². The zero-order chi connectivity index (χ0) is 24.8. The molecule has 5 unspecified atom stereocenters. The van der Waals surface area contributed by atoms with E-state index in [9.17, 15) is 24.6 Å². The van der Waals surface area contributed by atoms with Crippen LogP contribution < -0.4 is 16.0 Å². The number of carbonyl (C=O) groups excluding carboxylic acids is 3. The first kappa shape index (κ1) is 27.4. The van der Waals surface area contributed by atoms with E-state index >= 15 is 0 Å². The van der Waals surface area contributed by atoms with Gasteiger partial charge < -0.3 is 30.9 Å². The normalized spacial score (nSPS) is 23.9. The molecule has 0 radical (unpaired) electrons. The van der Waals surface area contributed by atoms with Crippen LogP contribution in [0.25, 0.3) is 0 Å². The maximum atomic E-state index is 12.9. The number of amides is 3. The van der Waals surface area contributed by atoms with Crippen LogP contribution in [0.3, 0.4) is 0 Å². The number of rotatable bonds is 10. The van der Waals surface area contributed by atoms with Crippen LogP contribution in [-0.2, 0) is 14.3 Å². The molecular formula is C24H43N3O6. The van der Waals surface area contributed by atoms with Crippen LogP contribution in [-0.4, -0.2) is 64.6 Å². The second-order valence-corrected chi connectivity index (χ2v) is 11.0. The molecule has 0 aromatic heterocycles. The zero-order valence-corrected chi connectivity index (χ0v) is 20.7. The molecule has 190 valence electrons. The summed E-state index contributed by atoms with van der Waals surface area (Å²) in [5, 5.41) is 28.9. The molecule has 9 nitrogen and oxygen atoms in total. The lowest BCUT2D eigenvalue weighted by atomic mass is 9.95. The Kier molecular flexibility index (Phi) is 9.97. The number of nitrogens with one attached hydrogen (secondary N) is 3. The smallest absolute Gasteiger partial charge is 0.408 e. The molecule has 2 aliphatic rings. The van der Waals surface area contributed by atoms with Crippen LogP contribution in [0.5, 0.6) is 0 Å². The lowest BCUT2D eigenvalue weighted by molar-refractivity contribution is -0.126. The van der Waals surface area contributed by atoms with Crippen molar-refractivity contribution in [3.63, 3.8) is 0 Å². The lowest BCUT2D eigenvalue weighted by Gasteiger charge is -2.28. The first-order chi connectivity index (χ1) is 15.4. The van der Waals surface area contributed by atoms with Gasteiger partial charge in [-0.2, -0.15) is 0 Å². The van der Waals surface area contributed by atoms with Crippen molar-refractivity contribution in [3.8, 4) is 0 Å². The highest BCUT2D eigenvalue weighted by Gasteiger charge is 2.50. The second kappa shape index (κ2) is 12.0. The molecule has 0 saturated heterocycles. The Balaban J connectivity index is 1.91. The van der Waals surface area contributed by atoms with Crippen LogP contribution in [0, 0.1) is 17.8 Å². The number of aliphatic hydroxyl groups excluding tert-OH is 2. The highest BCUT2D eigenvalue weighted by molar-refractivity contribution is 5.86. The number of ether oxygens (including phenoxy) is 1. The Morgan fingerprint density at radius 3 is 2.24 bits per heavy atom. The van der Waals surface area contributed by atoms with E-state index in [1.165, 1.54) is 6.42 Å². The van der Waals surface area contributed by atoms with Crippen molar-refractivity contribution in [1.29, 1.82) is 0 Å². The summed E-state index contributed by atoms with van der Waals surface area (Å²) < 4.78 is 5.26. The van der Waals surface area contributed by atoms with Crippen molar-refractivity contribution in [1.82, 2.24) is 16.0 Å². The highest BCUT2D eigenvalue weighted by atomic mass is 16.6. The first-order valence-corrected chi connectivity index (χ1v) is 12.3. The molecule has 0 aromatic rings. The Bertz CT molecular complexity index is 672. The van der Waals surface area contributed by atoms with E-state index in [-0.39, 0.29) is 29.7 Å². The highest BCUT2D eigenvalue weighted by Crippen LogP contribution is 2.42. The summed E-state index contributed by atoms with van der Waals surface area (Å²) in [5.74, 6) is -1.06. The van der Waals surface area contributed by atoms with Gasteiger partial charge in [0.2, 0.25) is 11.8 Å². The van der Waals surface area contributed by atoms with Crippen molar-refractivity contribution < 1.29 is 29.3 Å².